The zero-order valence-electron chi connectivity index (χ0n) is 11.5. The van der Waals surface area contributed by atoms with Crippen molar-refractivity contribution in [1.29, 1.82) is 0 Å². The van der Waals surface area contributed by atoms with Crippen molar-refractivity contribution in [3.8, 4) is 0 Å². The first-order valence-electron chi connectivity index (χ1n) is 6.58. The molecule has 0 amide bonds. The number of hydrogen-bond donors (Lipinski definition) is 0. The third kappa shape index (κ3) is 2.37. The van der Waals surface area contributed by atoms with E-state index in [1.165, 1.54) is 10.4 Å². The standard InChI is InChI=1S/C17H15NOS/c1-11-9-17(20-12(11)2)16(19)10-13-7-8-18-15-6-4-3-5-14(13)15/h3-9H,10H2,1-2H3. The van der Waals surface area contributed by atoms with Crippen LogP contribution < -0.4 is 0 Å². The molecule has 0 saturated heterocycles. The van der Waals surface area contributed by atoms with Crippen LogP contribution in [0.4, 0.5) is 0 Å². The van der Waals surface area contributed by atoms with Crippen LogP contribution in [0.3, 0.4) is 0 Å². The molecule has 0 spiro atoms. The highest BCUT2D eigenvalue weighted by molar-refractivity contribution is 7.14. The van der Waals surface area contributed by atoms with Gasteiger partial charge in [0, 0.05) is 22.9 Å². The van der Waals surface area contributed by atoms with Gasteiger partial charge in [0.15, 0.2) is 5.78 Å². The molecule has 0 aliphatic carbocycles. The fourth-order valence-electron chi connectivity index (χ4n) is 2.28. The molecule has 0 saturated carbocycles. The number of aryl methyl sites for hydroxylation is 2. The largest absolute Gasteiger partial charge is 0.293 e. The molecule has 3 heteroatoms. The van der Waals surface area contributed by atoms with E-state index >= 15 is 0 Å². The van der Waals surface area contributed by atoms with Crippen molar-refractivity contribution in [3.05, 3.63) is 63.5 Å². The lowest BCUT2D eigenvalue weighted by Gasteiger charge is -2.04. The number of ketones is 1. The fraction of sp³-hybridized carbons (Fsp3) is 0.176. The second kappa shape index (κ2) is 5.17. The van der Waals surface area contributed by atoms with E-state index < -0.39 is 0 Å². The quantitative estimate of drug-likeness (QED) is 0.668. The van der Waals surface area contributed by atoms with E-state index in [1.54, 1.807) is 17.5 Å². The van der Waals surface area contributed by atoms with Gasteiger partial charge in [-0.3, -0.25) is 9.78 Å². The molecule has 0 bridgehead atoms. The Labute approximate surface area is 122 Å². The number of benzene rings is 1. The summed E-state index contributed by atoms with van der Waals surface area (Å²) in [6.07, 6.45) is 2.21. The van der Waals surface area contributed by atoms with E-state index in [4.69, 9.17) is 0 Å². The van der Waals surface area contributed by atoms with Gasteiger partial charge in [-0.05, 0) is 43.2 Å². The lowest BCUT2D eigenvalue weighted by molar-refractivity contribution is 0.0997. The molecule has 2 aromatic heterocycles. The topological polar surface area (TPSA) is 30.0 Å². The van der Waals surface area contributed by atoms with E-state index in [1.807, 2.05) is 43.3 Å². The highest BCUT2D eigenvalue weighted by Gasteiger charge is 2.13. The lowest BCUT2D eigenvalue weighted by Crippen LogP contribution is -2.02. The maximum absolute atomic E-state index is 12.4. The average Bonchev–Trinajstić information content (AvgIpc) is 2.79. The molecule has 2 nitrogen and oxygen atoms in total. The van der Waals surface area contributed by atoms with Gasteiger partial charge in [0.2, 0.25) is 0 Å². The van der Waals surface area contributed by atoms with Crippen molar-refractivity contribution >= 4 is 28.0 Å². The van der Waals surface area contributed by atoms with Crippen LogP contribution in [-0.2, 0) is 6.42 Å². The van der Waals surface area contributed by atoms with Gasteiger partial charge < -0.3 is 0 Å². The molecule has 0 aliphatic rings. The van der Waals surface area contributed by atoms with E-state index in [2.05, 4.69) is 11.9 Å². The van der Waals surface area contributed by atoms with Gasteiger partial charge >= 0.3 is 0 Å². The minimum Gasteiger partial charge on any atom is -0.293 e. The van der Waals surface area contributed by atoms with Crippen LogP contribution in [-0.4, -0.2) is 10.8 Å². The fourth-order valence-corrected chi connectivity index (χ4v) is 3.25. The molecular formula is C17H15NOS. The summed E-state index contributed by atoms with van der Waals surface area (Å²) in [5, 5.41) is 1.06. The van der Waals surface area contributed by atoms with Crippen molar-refractivity contribution in [2.75, 3.05) is 0 Å². The first-order chi connectivity index (χ1) is 9.65. The van der Waals surface area contributed by atoms with Crippen LogP contribution in [0.2, 0.25) is 0 Å². The normalized spacial score (nSPS) is 10.9. The van der Waals surface area contributed by atoms with Gasteiger partial charge in [-0.25, -0.2) is 0 Å². The number of aromatic nitrogens is 1. The number of carbonyl (C=O) groups excluding carboxylic acids is 1. The van der Waals surface area contributed by atoms with Gasteiger partial charge in [-0.1, -0.05) is 18.2 Å². The monoisotopic (exact) mass is 281 g/mol. The molecule has 0 N–H and O–H groups in total. The SMILES string of the molecule is Cc1cc(C(=O)Cc2ccnc3ccccc23)sc1C. The molecule has 1 aromatic carbocycles. The third-order valence-electron chi connectivity index (χ3n) is 3.53. The van der Waals surface area contributed by atoms with Gasteiger partial charge in [0.25, 0.3) is 0 Å². The summed E-state index contributed by atoms with van der Waals surface area (Å²) in [4.78, 5) is 18.8. The van der Waals surface area contributed by atoms with Crippen molar-refractivity contribution in [2.45, 2.75) is 20.3 Å². The third-order valence-corrected chi connectivity index (χ3v) is 4.72. The second-order valence-electron chi connectivity index (χ2n) is 4.94. The second-order valence-corrected chi connectivity index (χ2v) is 6.19. The van der Waals surface area contributed by atoms with Crippen molar-refractivity contribution in [3.63, 3.8) is 0 Å². The summed E-state index contributed by atoms with van der Waals surface area (Å²) in [5.74, 6) is 0.183. The molecule has 3 aromatic rings. The summed E-state index contributed by atoms with van der Waals surface area (Å²) >= 11 is 1.58. The van der Waals surface area contributed by atoms with Gasteiger partial charge in [-0.2, -0.15) is 0 Å². The molecule has 0 unspecified atom stereocenters. The summed E-state index contributed by atoms with van der Waals surface area (Å²) in [6.45, 7) is 4.10. The zero-order chi connectivity index (χ0) is 14.1. The molecule has 0 radical (unpaired) electrons. The number of nitrogens with zero attached hydrogens (tertiary/aromatic N) is 1. The first-order valence-corrected chi connectivity index (χ1v) is 7.39. The van der Waals surface area contributed by atoms with Crippen LogP contribution >= 0.6 is 11.3 Å². The van der Waals surface area contributed by atoms with Gasteiger partial charge in [-0.15, -0.1) is 11.3 Å². The minimum absolute atomic E-state index is 0.183. The van der Waals surface area contributed by atoms with Crippen LogP contribution in [0.15, 0.2) is 42.6 Å². The maximum Gasteiger partial charge on any atom is 0.177 e. The van der Waals surface area contributed by atoms with E-state index in [0.29, 0.717) is 6.42 Å². The molecule has 0 fully saturated rings. The predicted octanol–water partition coefficient (Wildman–Crippen LogP) is 4.34. The Morgan fingerprint density at radius 2 is 2.00 bits per heavy atom. The number of pyridine rings is 1. The summed E-state index contributed by atoms with van der Waals surface area (Å²) in [7, 11) is 0. The molecule has 20 heavy (non-hydrogen) atoms. The Morgan fingerprint density at radius 3 is 2.75 bits per heavy atom. The number of thiophene rings is 1. The van der Waals surface area contributed by atoms with E-state index in [9.17, 15) is 4.79 Å². The molecule has 100 valence electrons. The smallest absolute Gasteiger partial charge is 0.177 e. The van der Waals surface area contributed by atoms with Gasteiger partial charge in [0.05, 0.1) is 10.4 Å². The Bertz CT molecular complexity index is 764. The Hall–Kier alpha value is -2.00. The first kappa shape index (κ1) is 13.0. The molecule has 3 rings (SSSR count). The van der Waals surface area contributed by atoms with Crippen LogP contribution in [0.5, 0.6) is 0 Å². The number of carbonyl (C=O) groups is 1. The number of Topliss-reactive ketones (excluding diaryl/α,β-unsaturated/α-hetero) is 1. The number of fused-ring (bicyclic) bond motifs is 1. The zero-order valence-corrected chi connectivity index (χ0v) is 12.3. The van der Waals surface area contributed by atoms with Crippen molar-refractivity contribution < 1.29 is 4.79 Å². The summed E-state index contributed by atoms with van der Waals surface area (Å²) in [5.41, 5.74) is 3.18. The van der Waals surface area contributed by atoms with E-state index in [0.717, 1.165) is 21.3 Å². The minimum atomic E-state index is 0.183. The Kier molecular flexibility index (Phi) is 3.36. The number of para-hydroxylation sites is 1. The molecule has 2 heterocycles. The van der Waals surface area contributed by atoms with Crippen LogP contribution in [0.1, 0.15) is 25.7 Å². The maximum atomic E-state index is 12.4. The Morgan fingerprint density at radius 1 is 1.20 bits per heavy atom. The summed E-state index contributed by atoms with van der Waals surface area (Å²) in [6, 6.07) is 11.9. The lowest BCUT2D eigenvalue weighted by atomic mass is 10.0. The van der Waals surface area contributed by atoms with Crippen molar-refractivity contribution in [2.24, 2.45) is 0 Å². The highest BCUT2D eigenvalue weighted by Crippen LogP contribution is 2.24. The number of rotatable bonds is 3. The van der Waals surface area contributed by atoms with Crippen molar-refractivity contribution in [1.82, 2.24) is 4.98 Å². The molecule has 0 aliphatic heterocycles. The highest BCUT2D eigenvalue weighted by atomic mass is 32.1. The molecule has 0 atom stereocenters. The number of hydrogen-bond acceptors (Lipinski definition) is 3. The average molecular weight is 281 g/mol. The van der Waals surface area contributed by atoms with Gasteiger partial charge in [0.1, 0.15) is 0 Å². The van der Waals surface area contributed by atoms with Crippen LogP contribution in [0, 0.1) is 13.8 Å². The van der Waals surface area contributed by atoms with E-state index in [-0.39, 0.29) is 5.78 Å². The Balaban J connectivity index is 1.95. The van der Waals surface area contributed by atoms with Crippen LogP contribution in [0.25, 0.3) is 10.9 Å². The molecular weight excluding hydrogens is 266 g/mol. The summed E-state index contributed by atoms with van der Waals surface area (Å²) < 4.78 is 0. The predicted molar refractivity (Wildman–Crippen MR) is 83.6 cm³/mol.